The summed E-state index contributed by atoms with van der Waals surface area (Å²) in [6.45, 7) is -0.466. The molecule has 0 atom stereocenters. The number of hydrogen-bond acceptors (Lipinski definition) is 5. The predicted molar refractivity (Wildman–Crippen MR) is 103 cm³/mol. The normalized spacial score (nSPS) is 16.1. The fourth-order valence-electron chi connectivity index (χ4n) is 2.77. The number of anilines is 1. The molecule has 10 heteroatoms. The highest BCUT2D eigenvalue weighted by Gasteiger charge is 2.36. The van der Waals surface area contributed by atoms with Crippen LogP contribution < -0.4 is 4.90 Å². The summed E-state index contributed by atoms with van der Waals surface area (Å²) >= 11 is 9.15. The van der Waals surface area contributed by atoms with Gasteiger partial charge in [0.2, 0.25) is 10.0 Å². The molecule has 6 nitrogen and oxygen atoms in total. The van der Waals surface area contributed by atoms with Crippen molar-refractivity contribution >= 4 is 49.2 Å². The molecule has 0 aromatic heterocycles. The Bertz CT molecular complexity index is 1000. The van der Waals surface area contributed by atoms with Crippen LogP contribution in [0.5, 0.6) is 0 Å². The second-order valence-electron chi connectivity index (χ2n) is 5.88. The van der Waals surface area contributed by atoms with Crippen molar-refractivity contribution in [2.24, 2.45) is 0 Å². The Hall–Kier alpha value is -1.68. The highest BCUT2D eigenvalue weighted by Crippen LogP contribution is 2.36. The van der Waals surface area contributed by atoms with Gasteiger partial charge in [-0.2, -0.15) is 4.31 Å². The summed E-state index contributed by atoms with van der Waals surface area (Å²) in [7, 11) is -2.68. The maximum atomic E-state index is 14.2. The quantitative estimate of drug-likeness (QED) is 0.632. The lowest BCUT2D eigenvalue weighted by molar-refractivity contribution is -0.139. The number of sulfonamides is 1. The van der Waals surface area contributed by atoms with Gasteiger partial charge < -0.3 is 9.64 Å². The number of esters is 1. The number of carbonyl (C=O) groups excluding carboxylic acids is 1. The summed E-state index contributed by atoms with van der Waals surface area (Å²) in [5, 5.41) is 0.243. The molecule has 0 N–H and O–H groups in total. The van der Waals surface area contributed by atoms with Crippen molar-refractivity contribution in [3.05, 3.63) is 57.3 Å². The lowest BCUT2D eigenvalue weighted by Gasteiger charge is -2.37. The highest BCUT2D eigenvalue weighted by atomic mass is 79.9. The van der Waals surface area contributed by atoms with Crippen LogP contribution in [0.15, 0.2) is 45.8 Å². The molecule has 1 heterocycles. The Balaban J connectivity index is 2.03. The fraction of sp³-hybridized carbons (Fsp3) is 0.235. The molecule has 1 aliphatic heterocycles. The highest BCUT2D eigenvalue weighted by molar-refractivity contribution is 9.10. The molecular weight excluding hydrogens is 463 g/mol. The maximum absolute atomic E-state index is 14.2. The van der Waals surface area contributed by atoms with Crippen molar-refractivity contribution < 1.29 is 22.3 Å². The van der Waals surface area contributed by atoms with Crippen molar-refractivity contribution in [2.45, 2.75) is 11.4 Å². The van der Waals surface area contributed by atoms with Gasteiger partial charge in [-0.25, -0.2) is 12.8 Å². The third-order valence-electron chi connectivity index (χ3n) is 4.12. The van der Waals surface area contributed by atoms with E-state index < -0.39 is 21.8 Å². The van der Waals surface area contributed by atoms with E-state index in [-0.39, 0.29) is 35.2 Å². The first kappa shape index (κ1) is 20.1. The van der Waals surface area contributed by atoms with Gasteiger partial charge >= 0.3 is 5.97 Å². The van der Waals surface area contributed by atoms with Crippen LogP contribution in [-0.2, 0) is 26.1 Å². The van der Waals surface area contributed by atoms with E-state index in [1.807, 2.05) is 0 Å². The van der Waals surface area contributed by atoms with Crippen LogP contribution in [0.1, 0.15) is 5.56 Å². The minimum Gasteiger partial charge on any atom is -0.468 e. The van der Waals surface area contributed by atoms with Gasteiger partial charge in [-0.15, -0.1) is 0 Å². The number of hydrogen-bond donors (Lipinski definition) is 0. The molecule has 0 unspecified atom stereocenters. The summed E-state index contributed by atoms with van der Waals surface area (Å²) in [5.74, 6) is -1.05. The molecule has 0 fully saturated rings. The van der Waals surface area contributed by atoms with Gasteiger partial charge in [0.15, 0.2) is 0 Å². The number of halogens is 3. The molecule has 0 spiro atoms. The summed E-state index contributed by atoms with van der Waals surface area (Å²) in [6.07, 6.45) is 0. The van der Waals surface area contributed by atoms with E-state index in [2.05, 4.69) is 20.7 Å². The van der Waals surface area contributed by atoms with Crippen molar-refractivity contribution in [1.29, 1.82) is 0 Å². The second kappa shape index (κ2) is 7.75. The molecule has 0 amide bonds. The molecule has 0 saturated carbocycles. The van der Waals surface area contributed by atoms with E-state index in [1.165, 1.54) is 31.4 Å². The molecule has 3 rings (SSSR count). The Morgan fingerprint density at radius 1 is 1.30 bits per heavy atom. The zero-order chi connectivity index (χ0) is 19.8. The fourth-order valence-corrected chi connectivity index (χ4v) is 4.95. The number of nitrogens with zero attached hydrogens (tertiary/aromatic N) is 2. The van der Waals surface area contributed by atoms with Crippen LogP contribution >= 0.6 is 27.5 Å². The van der Waals surface area contributed by atoms with Gasteiger partial charge in [-0.1, -0.05) is 33.6 Å². The molecule has 0 saturated heterocycles. The second-order valence-corrected chi connectivity index (χ2v) is 9.14. The Labute approximate surface area is 169 Å². The molecule has 2 aromatic rings. The van der Waals surface area contributed by atoms with Crippen molar-refractivity contribution in [2.75, 3.05) is 25.2 Å². The minimum atomic E-state index is -3.93. The third kappa shape index (κ3) is 4.11. The third-order valence-corrected chi connectivity index (χ3v) is 6.65. The average molecular weight is 478 g/mol. The molecule has 0 aliphatic carbocycles. The molecule has 1 aliphatic rings. The van der Waals surface area contributed by atoms with E-state index >= 15 is 0 Å². The summed E-state index contributed by atoms with van der Waals surface area (Å²) in [6, 6.07) is 8.81. The summed E-state index contributed by atoms with van der Waals surface area (Å²) in [5.41, 5.74) is 0.558. The molecule has 144 valence electrons. The van der Waals surface area contributed by atoms with Crippen LogP contribution in [0.25, 0.3) is 0 Å². The lowest BCUT2D eigenvalue weighted by Crippen LogP contribution is -2.48. The van der Waals surface area contributed by atoms with Crippen LogP contribution in [0.4, 0.5) is 10.1 Å². The van der Waals surface area contributed by atoms with E-state index in [9.17, 15) is 17.6 Å². The molecule has 27 heavy (non-hydrogen) atoms. The number of fused-ring (bicyclic) bond motifs is 1. The smallest absolute Gasteiger partial charge is 0.325 e. The van der Waals surface area contributed by atoms with Gasteiger partial charge in [0.1, 0.15) is 17.3 Å². The van der Waals surface area contributed by atoms with Crippen molar-refractivity contribution in [3.8, 4) is 0 Å². The topological polar surface area (TPSA) is 66.9 Å². The average Bonchev–Trinajstić information content (AvgIpc) is 2.61. The van der Waals surface area contributed by atoms with Crippen LogP contribution in [0, 0.1) is 5.82 Å². The van der Waals surface area contributed by atoms with E-state index in [0.717, 1.165) is 4.31 Å². The maximum Gasteiger partial charge on any atom is 0.325 e. The van der Waals surface area contributed by atoms with Gasteiger partial charge in [-0.05, 0) is 30.3 Å². The number of carbonyl (C=O) groups is 1. The Morgan fingerprint density at radius 2 is 2.04 bits per heavy atom. The van der Waals surface area contributed by atoms with E-state index in [0.29, 0.717) is 10.2 Å². The van der Waals surface area contributed by atoms with E-state index in [1.54, 1.807) is 17.0 Å². The zero-order valence-electron chi connectivity index (χ0n) is 14.2. The lowest BCUT2D eigenvalue weighted by atomic mass is 10.2. The first-order valence-electron chi connectivity index (χ1n) is 7.78. The zero-order valence-corrected chi connectivity index (χ0v) is 17.3. The van der Waals surface area contributed by atoms with Crippen LogP contribution in [0.2, 0.25) is 5.02 Å². The Morgan fingerprint density at radius 3 is 2.70 bits per heavy atom. The summed E-state index contributed by atoms with van der Waals surface area (Å²) in [4.78, 5) is 13.3. The van der Waals surface area contributed by atoms with Crippen molar-refractivity contribution in [1.82, 2.24) is 4.31 Å². The number of methoxy groups -OCH3 is 1. The molecule has 0 radical (unpaired) electrons. The molecule has 0 bridgehead atoms. The van der Waals surface area contributed by atoms with E-state index in [4.69, 9.17) is 11.6 Å². The monoisotopic (exact) mass is 476 g/mol. The van der Waals surface area contributed by atoms with Crippen LogP contribution in [-0.4, -0.2) is 39.0 Å². The van der Waals surface area contributed by atoms with Crippen molar-refractivity contribution in [3.63, 3.8) is 0 Å². The minimum absolute atomic E-state index is 0.0392. The van der Waals surface area contributed by atoms with Crippen LogP contribution in [0.3, 0.4) is 0 Å². The largest absolute Gasteiger partial charge is 0.468 e. The first-order chi connectivity index (χ1) is 12.7. The molecular formula is C17H15BrClFN2O4S. The van der Waals surface area contributed by atoms with Gasteiger partial charge in [-0.3, -0.25) is 4.79 Å². The standard InChI is InChI=1S/C17H15BrClFN2O4S/c1-26-17(23)9-21-10-22(8-11-2-3-12(18)6-14(11)20)27(24,25)16-7-13(19)4-5-15(16)21/h2-7H,8-10H2,1H3. The molecule has 2 aromatic carbocycles. The van der Waals surface area contributed by atoms with Gasteiger partial charge in [0, 0.05) is 21.6 Å². The first-order valence-corrected chi connectivity index (χ1v) is 10.4. The van der Waals surface area contributed by atoms with Gasteiger partial charge in [0.05, 0.1) is 19.5 Å². The SMILES string of the molecule is COC(=O)CN1CN(Cc2ccc(Br)cc2F)S(=O)(=O)c2cc(Cl)ccc21. The predicted octanol–water partition coefficient (Wildman–Crippen LogP) is 3.38. The number of benzene rings is 2. The summed E-state index contributed by atoms with van der Waals surface area (Å²) < 4.78 is 46.6. The number of rotatable bonds is 4. The van der Waals surface area contributed by atoms with Gasteiger partial charge in [0.25, 0.3) is 0 Å². The Kier molecular flexibility index (Phi) is 5.76. The number of ether oxygens (including phenoxy) is 1.